The molecule has 0 atom stereocenters. The number of nitrogens with zero attached hydrogens (tertiary/aromatic N) is 7. The zero-order valence-electron chi connectivity index (χ0n) is 14.2. The first-order valence-electron chi connectivity index (χ1n) is 8.53. The minimum absolute atomic E-state index is 0.321. The molecule has 0 aromatic carbocycles. The van der Waals surface area contributed by atoms with Crippen molar-refractivity contribution in [1.29, 1.82) is 0 Å². The van der Waals surface area contributed by atoms with Crippen molar-refractivity contribution in [2.75, 3.05) is 25.1 Å². The average molecular weight is 367 g/mol. The Bertz CT molecular complexity index is 1070. The van der Waals surface area contributed by atoms with Gasteiger partial charge in [-0.3, -0.25) is 0 Å². The van der Waals surface area contributed by atoms with Gasteiger partial charge in [0.2, 0.25) is 5.88 Å². The second kappa shape index (κ2) is 6.17. The summed E-state index contributed by atoms with van der Waals surface area (Å²) in [6.07, 6.45) is 3.62. The van der Waals surface area contributed by atoms with Crippen LogP contribution in [0.1, 0.15) is 24.6 Å². The van der Waals surface area contributed by atoms with E-state index in [2.05, 4.69) is 35.5 Å². The lowest BCUT2D eigenvalue weighted by Gasteiger charge is -2.32. The highest BCUT2D eigenvalue weighted by Crippen LogP contribution is 2.33. The Morgan fingerprint density at radius 1 is 1.12 bits per heavy atom. The fraction of sp³-hybridized carbons (Fsp3) is 0.353. The summed E-state index contributed by atoms with van der Waals surface area (Å²) in [6, 6.07) is 5.73. The molecule has 0 bridgehead atoms. The largest absolute Gasteiger partial charge is 0.480 e. The molecule has 26 heavy (non-hydrogen) atoms. The summed E-state index contributed by atoms with van der Waals surface area (Å²) < 4.78 is 8.20. The summed E-state index contributed by atoms with van der Waals surface area (Å²) in [5, 5.41) is 15.2. The molecule has 4 aromatic heterocycles. The number of hydrogen-bond acceptors (Lipinski definition) is 8. The van der Waals surface area contributed by atoms with Gasteiger partial charge in [-0.25, -0.2) is 9.97 Å². The molecule has 5 rings (SSSR count). The fourth-order valence-electron chi connectivity index (χ4n) is 3.50. The number of methoxy groups -OCH3 is 1. The minimum atomic E-state index is 0.321. The zero-order chi connectivity index (χ0) is 17.5. The summed E-state index contributed by atoms with van der Waals surface area (Å²) in [4.78, 5) is 11.2. The zero-order valence-corrected chi connectivity index (χ0v) is 15.1. The fourth-order valence-corrected chi connectivity index (χ4v) is 4.36. The first kappa shape index (κ1) is 15.4. The highest BCUT2D eigenvalue weighted by molar-refractivity contribution is 7.17. The number of thiophene rings is 1. The van der Waals surface area contributed by atoms with Crippen LogP contribution in [-0.4, -0.2) is 50.0 Å². The van der Waals surface area contributed by atoms with Crippen LogP contribution in [0, 0.1) is 0 Å². The second-order valence-electron chi connectivity index (χ2n) is 6.30. The van der Waals surface area contributed by atoms with Gasteiger partial charge in [-0.05, 0) is 30.4 Å². The molecule has 0 amide bonds. The van der Waals surface area contributed by atoms with Crippen molar-refractivity contribution in [2.45, 2.75) is 18.8 Å². The van der Waals surface area contributed by atoms with E-state index in [0.717, 1.165) is 53.4 Å². The second-order valence-corrected chi connectivity index (χ2v) is 7.21. The van der Waals surface area contributed by atoms with Gasteiger partial charge < -0.3 is 9.64 Å². The van der Waals surface area contributed by atoms with Crippen LogP contribution in [0.15, 0.2) is 29.9 Å². The first-order chi connectivity index (χ1) is 12.8. The maximum absolute atomic E-state index is 5.23. The molecule has 0 spiro atoms. The highest BCUT2D eigenvalue weighted by Gasteiger charge is 2.27. The van der Waals surface area contributed by atoms with Crippen molar-refractivity contribution in [3.8, 4) is 5.88 Å². The molecule has 0 N–H and O–H groups in total. The van der Waals surface area contributed by atoms with Crippen molar-refractivity contribution in [3.63, 3.8) is 0 Å². The monoisotopic (exact) mass is 367 g/mol. The minimum Gasteiger partial charge on any atom is -0.480 e. The number of aromatic nitrogens is 6. The van der Waals surface area contributed by atoms with Gasteiger partial charge in [-0.2, -0.15) is 4.52 Å². The van der Waals surface area contributed by atoms with E-state index in [1.165, 1.54) is 0 Å². The summed E-state index contributed by atoms with van der Waals surface area (Å²) >= 11 is 1.70. The van der Waals surface area contributed by atoms with Crippen molar-refractivity contribution >= 4 is 33.0 Å². The number of hydrogen-bond donors (Lipinski definition) is 0. The molecule has 0 saturated carbocycles. The summed E-state index contributed by atoms with van der Waals surface area (Å²) in [5.41, 5.74) is 1.76. The Morgan fingerprint density at radius 2 is 2.00 bits per heavy atom. The van der Waals surface area contributed by atoms with Crippen LogP contribution in [0.4, 0.5) is 5.82 Å². The maximum atomic E-state index is 5.23. The van der Waals surface area contributed by atoms with Crippen LogP contribution >= 0.6 is 11.3 Å². The van der Waals surface area contributed by atoms with Gasteiger partial charge in [0.15, 0.2) is 11.5 Å². The lowest BCUT2D eigenvalue weighted by Crippen LogP contribution is -2.34. The van der Waals surface area contributed by atoms with Gasteiger partial charge in [0.25, 0.3) is 0 Å². The molecule has 0 unspecified atom stereocenters. The van der Waals surface area contributed by atoms with Crippen molar-refractivity contribution < 1.29 is 4.74 Å². The Labute approximate surface area is 153 Å². The molecular formula is C17H17N7OS. The maximum Gasteiger partial charge on any atom is 0.231 e. The number of ether oxygens (including phenoxy) is 1. The topological polar surface area (TPSA) is 81.3 Å². The van der Waals surface area contributed by atoms with E-state index in [1.807, 2.05) is 12.1 Å². The van der Waals surface area contributed by atoms with Crippen molar-refractivity contribution in [3.05, 3.63) is 35.7 Å². The van der Waals surface area contributed by atoms with E-state index in [4.69, 9.17) is 4.74 Å². The van der Waals surface area contributed by atoms with Crippen LogP contribution in [-0.2, 0) is 0 Å². The standard InChI is InChI=1S/C17H17N7OS/c1-25-14-3-2-13-20-21-16(24(13)22-14)11-4-7-23(8-5-11)17-15-12(6-9-26-15)18-10-19-17/h2-3,6,9-11H,4-5,7-8H2,1H3. The predicted molar refractivity (Wildman–Crippen MR) is 98.9 cm³/mol. The Hall–Kier alpha value is -2.81. The SMILES string of the molecule is COc1ccc2nnc(C3CCN(c4ncnc5ccsc45)CC3)n2n1. The molecular weight excluding hydrogens is 350 g/mol. The summed E-state index contributed by atoms with van der Waals surface area (Å²) in [6.45, 7) is 1.85. The molecule has 0 aliphatic carbocycles. The number of anilines is 1. The summed E-state index contributed by atoms with van der Waals surface area (Å²) in [5.74, 6) is 2.83. The Kier molecular flexibility index (Phi) is 3.66. The van der Waals surface area contributed by atoms with Crippen LogP contribution in [0.25, 0.3) is 15.9 Å². The third kappa shape index (κ3) is 2.47. The highest BCUT2D eigenvalue weighted by atomic mass is 32.1. The van der Waals surface area contributed by atoms with E-state index in [-0.39, 0.29) is 0 Å². The van der Waals surface area contributed by atoms with Crippen molar-refractivity contribution in [2.24, 2.45) is 0 Å². The molecule has 5 heterocycles. The number of fused-ring (bicyclic) bond motifs is 2. The lowest BCUT2D eigenvalue weighted by molar-refractivity contribution is 0.387. The van der Waals surface area contributed by atoms with Crippen LogP contribution in [0.3, 0.4) is 0 Å². The van der Waals surface area contributed by atoms with Crippen LogP contribution in [0.5, 0.6) is 5.88 Å². The lowest BCUT2D eigenvalue weighted by atomic mass is 9.96. The van der Waals surface area contributed by atoms with Gasteiger partial charge in [0, 0.05) is 25.1 Å². The Morgan fingerprint density at radius 3 is 2.85 bits per heavy atom. The van der Waals surface area contributed by atoms with Gasteiger partial charge in [0.1, 0.15) is 12.1 Å². The quantitative estimate of drug-likeness (QED) is 0.550. The van der Waals surface area contributed by atoms with Crippen molar-refractivity contribution in [1.82, 2.24) is 29.8 Å². The van der Waals surface area contributed by atoms with Crippen LogP contribution < -0.4 is 9.64 Å². The molecule has 9 heteroatoms. The molecule has 0 radical (unpaired) electrons. The van der Waals surface area contributed by atoms with Crippen LogP contribution in [0.2, 0.25) is 0 Å². The molecule has 8 nitrogen and oxygen atoms in total. The third-order valence-corrected chi connectivity index (χ3v) is 5.76. The smallest absolute Gasteiger partial charge is 0.231 e. The molecule has 1 aliphatic rings. The van der Waals surface area contributed by atoms with E-state index < -0.39 is 0 Å². The van der Waals surface area contributed by atoms with E-state index >= 15 is 0 Å². The Balaban J connectivity index is 1.40. The van der Waals surface area contributed by atoms with Gasteiger partial charge in [-0.1, -0.05) is 0 Å². The van der Waals surface area contributed by atoms with E-state index in [0.29, 0.717) is 11.8 Å². The normalized spacial score (nSPS) is 15.8. The van der Waals surface area contributed by atoms with Gasteiger partial charge in [0.05, 0.1) is 17.3 Å². The molecule has 1 saturated heterocycles. The van der Waals surface area contributed by atoms with E-state index in [9.17, 15) is 0 Å². The number of piperidine rings is 1. The first-order valence-corrected chi connectivity index (χ1v) is 9.41. The molecule has 132 valence electrons. The third-order valence-electron chi connectivity index (χ3n) is 4.86. The van der Waals surface area contributed by atoms with Gasteiger partial charge >= 0.3 is 0 Å². The van der Waals surface area contributed by atoms with E-state index in [1.54, 1.807) is 35.4 Å². The number of rotatable bonds is 3. The molecule has 1 aliphatic heterocycles. The molecule has 4 aromatic rings. The van der Waals surface area contributed by atoms with Gasteiger partial charge in [-0.15, -0.1) is 26.6 Å². The summed E-state index contributed by atoms with van der Waals surface area (Å²) in [7, 11) is 1.61. The predicted octanol–water partition coefficient (Wildman–Crippen LogP) is 2.52. The average Bonchev–Trinajstić information content (AvgIpc) is 3.34. The molecule has 1 fully saturated rings.